The van der Waals surface area contributed by atoms with E-state index in [0.29, 0.717) is 6.04 Å². The zero-order valence-corrected chi connectivity index (χ0v) is 16.2. The molecular weight excluding hydrogens is 344 g/mol. The van der Waals surface area contributed by atoms with E-state index < -0.39 is 5.97 Å². The molecule has 0 saturated heterocycles. The van der Waals surface area contributed by atoms with Crippen LogP contribution in [0.3, 0.4) is 0 Å². The lowest BCUT2D eigenvalue weighted by molar-refractivity contribution is 0.0696. The molecular formula is C21H28N2O4. The summed E-state index contributed by atoms with van der Waals surface area (Å²) in [5.41, 5.74) is 1.17. The van der Waals surface area contributed by atoms with Crippen molar-refractivity contribution in [3.63, 3.8) is 0 Å². The second-order valence-corrected chi connectivity index (χ2v) is 6.30. The molecule has 1 aromatic heterocycles. The molecule has 0 amide bonds. The number of nitrogens with zero attached hydrogens (tertiary/aromatic N) is 1. The molecule has 0 saturated carbocycles. The Morgan fingerprint density at radius 2 is 2.00 bits per heavy atom. The largest absolute Gasteiger partial charge is 0.508 e. The summed E-state index contributed by atoms with van der Waals surface area (Å²) in [5, 5.41) is 20.4. The van der Waals surface area contributed by atoms with Crippen LogP contribution in [0.15, 0.2) is 48.8 Å². The van der Waals surface area contributed by atoms with E-state index in [-0.39, 0.29) is 17.4 Å². The van der Waals surface area contributed by atoms with Crippen LogP contribution < -0.4 is 10.1 Å². The van der Waals surface area contributed by atoms with Gasteiger partial charge < -0.3 is 20.3 Å². The minimum atomic E-state index is -1.03. The number of phenolic OH excluding ortho intramolecular Hbond substituents is 1. The van der Waals surface area contributed by atoms with Crippen LogP contribution in [0.1, 0.15) is 43.1 Å². The van der Waals surface area contributed by atoms with Crippen molar-refractivity contribution in [3.05, 3.63) is 59.9 Å². The molecule has 0 fully saturated rings. The van der Waals surface area contributed by atoms with Gasteiger partial charge in [-0.05, 0) is 64.1 Å². The van der Waals surface area contributed by atoms with E-state index in [1.807, 2.05) is 33.2 Å². The van der Waals surface area contributed by atoms with Crippen LogP contribution in [0, 0.1) is 0 Å². The number of benzene rings is 1. The molecule has 0 aliphatic carbocycles. The lowest BCUT2D eigenvalue weighted by Gasteiger charge is -2.09. The number of nitrogens with one attached hydrogen (secondary N) is 1. The first-order valence-corrected chi connectivity index (χ1v) is 8.79. The second-order valence-electron chi connectivity index (χ2n) is 6.30. The van der Waals surface area contributed by atoms with Gasteiger partial charge in [0.1, 0.15) is 11.5 Å². The number of pyridine rings is 1. The highest BCUT2D eigenvalue weighted by atomic mass is 16.5. The topological polar surface area (TPSA) is 91.7 Å². The minimum Gasteiger partial charge on any atom is -0.508 e. The van der Waals surface area contributed by atoms with Crippen molar-refractivity contribution >= 4 is 12.0 Å². The highest BCUT2D eigenvalue weighted by Gasteiger charge is 2.01. The number of phenols is 1. The Labute approximate surface area is 160 Å². The van der Waals surface area contributed by atoms with Crippen LogP contribution in [0.2, 0.25) is 0 Å². The number of hydrogen-bond acceptors (Lipinski definition) is 5. The molecule has 1 heterocycles. The van der Waals surface area contributed by atoms with E-state index in [1.54, 1.807) is 6.20 Å². The molecule has 0 radical (unpaired) electrons. The summed E-state index contributed by atoms with van der Waals surface area (Å²) < 4.78 is 5.59. The van der Waals surface area contributed by atoms with Crippen molar-refractivity contribution in [1.82, 2.24) is 10.3 Å². The van der Waals surface area contributed by atoms with Gasteiger partial charge in [-0.2, -0.15) is 0 Å². The Kier molecular flexibility index (Phi) is 9.61. The molecule has 1 aromatic carbocycles. The average Bonchev–Trinajstić information content (AvgIpc) is 2.62. The maximum absolute atomic E-state index is 10.2. The third-order valence-electron chi connectivity index (χ3n) is 3.49. The lowest BCUT2D eigenvalue weighted by atomic mass is 10.2. The van der Waals surface area contributed by atoms with Gasteiger partial charge in [0.05, 0.1) is 17.9 Å². The summed E-state index contributed by atoms with van der Waals surface area (Å²) in [5.74, 6) is -0.236. The van der Waals surface area contributed by atoms with E-state index in [4.69, 9.17) is 14.9 Å². The van der Waals surface area contributed by atoms with Crippen LogP contribution in [-0.2, 0) is 0 Å². The van der Waals surface area contributed by atoms with Crippen LogP contribution in [0.4, 0.5) is 0 Å². The fourth-order valence-corrected chi connectivity index (χ4v) is 2.03. The van der Waals surface area contributed by atoms with Gasteiger partial charge in [0.2, 0.25) is 0 Å². The predicted molar refractivity (Wildman–Crippen MR) is 107 cm³/mol. The molecule has 6 heteroatoms. The van der Waals surface area contributed by atoms with Crippen LogP contribution in [-0.4, -0.2) is 40.4 Å². The molecule has 6 nitrogen and oxygen atoms in total. The van der Waals surface area contributed by atoms with Crippen molar-refractivity contribution in [2.24, 2.45) is 0 Å². The Hall–Kier alpha value is -2.86. The number of carboxylic acids is 1. The summed E-state index contributed by atoms with van der Waals surface area (Å²) in [6, 6.07) is 8.03. The van der Waals surface area contributed by atoms with E-state index in [9.17, 15) is 4.79 Å². The minimum absolute atomic E-state index is 0.0279. The fourth-order valence-electron chi connectivity index (χ4n) is 2.03. The van der Waals surface area contributed by atoms with Gasteiger partial charge in [-0.25, -0.2) is 4.79 Å². The van der Waals surface area contributed by atoms with Gasteiger partial charge in [0, 0.05) is 12.2 Å². The highest BCUT2D eigenvalue weighted by Crippen LogP contribution is 2.14. The van der Waals surface area contributed by atoms with Gasteiger partial charge in [0.15, 0.2) is 0 Å². The second kappa shape index (κ2) is 11.7. The summed E-state index contributed by atoms with van der Waals surface area (Å²) in [6.07, 6.45) is 9.00. The molecule has 0 spiro atoms. The average molecular weight is 372 g/mol. The van der Waals surface area contributed by atoms with Crippen LogP contribution in [0.25, 0.3) is 6.08 Å². The molecule has 0 bridgehead atoms. The van der Waals surface area contributed by atoms with Gasteiger partial charge in [-0.3, -0.25) is 4.98 Å². The Morgan fingerprint density at radius 3 is 2.56 bits per heavy atom. The van der Waals surface area contributed by atoms with Gasteiger partial charge in [-0.1, -0.05) is 18.2 Å². The lowest BCUT2D eigenvalue weighted by Crippen LogP contribution is -2.19. The smallest absolute Gasteiger partial charge is 0.335 e. The molecule has 2 rings (SSSR count). The van der Waals surface area contributed by atoms with Crippen molar-refractivity contribution in [2.45, 2.75) is 39.3 Å². The zero-order valence-electron chi connectivity index (χ0n) is 16.2. The molecule has 3 N–H and O–H groups in total. The molecule has 1 atom stereocenters. The number of ether oxygens (including phenoxy) is 1. The van der Waals surface area contributed by atoms with Gasteiger partial charge >= 0.3 is 5.97 Å². The fraction of sp³-hybridized carbons (Fsp3) is 0.333. The monoisotopic (exact) mass is 372 g/mol. The maximum Gasteiger partial charge on any atom is 0.335 e. The first kappa shape index (κ1) is 22.2. The number of carboxylic acid groups (broad SMARTS) is 1. The summed E-state index contributed by atoms with van der Waals surface area (Å²) in [7, 11) is 1.97. The molecule has 0 aliphatic rings. The van der Waals surface area contributed by atoms with Crippen molar-refractivity contribution in [1.29, 1.82) is 0 Å². The van der Waals surface area contributed by atoms with Crippen molar-refractivity contribution in [2.75, 3.05) is 7.05 Å². The third kappa shape index (κ3) is 9.42. The summed E-state index contributed by atoms with van der Waals surface area (Å²) >= 11 is 0. The number of hydrogen-bond donors (Lipinski definition) is 3. The standard InChI is InChI=1S/C14H22N2O.C7H6O3/c1-11(2)17-14-8-13(9-16-10-14)7-5-6-12(3)15-4;8-6-3-1-2-5(4-6)7(9)10/h5,7-12,15H,6H2,1-4H3;1-4,8H,(H,9,10)/t12-;/m0./s1. The third-order valence-corrected chi connectivity index (χ3v) is 3.49. The number of aromatic nitrogens is 1. The highest BCUT2D eigenvalue weighted by molar-refractivity contribution is 5.87. The normalized spacial score (nSPS) is 11.7. The molecule has 27 heavy (non-hydrogen) atoms. The number of rotatable bonds is 7. The molecule has 2 aromatic rings. The van der Waals surface area contributed by atoms with Crippen molar-refractivity contribution < 1.29 is 19.7 Å². The molecule has 0 unspecified atom stereocenters. The van der Waals surface area contributed by atoms with E-state index >= 15 is 0 Å². The van der Waals surface area contributed by atoms with Crippen LogP contribution in [0.5, 0.6) is 11.5 Å². The zero-order chi connectivity index (χ0) is 20.2. The number of carbonyl (C=O) groups is 1. The predicted octanol–water partition coefficient (Wildman–Crippen LogP) is 3.97. The van der Waals surface area contributed by atoms with E-state index in [2.05, 4.69) is 29.4 Å². The Balaban J connectivity index is 0.000000309. The molecule has 146 valence electrons. The summed E-state index contributed by atoms with van der Waals surface area (Å²) in [6.45, 7) is 6.18. The Morgan fingerprint density at radius 1 is 1.26 bits per heavy atom. The first-order chi connectivity index (χ1) is 12.8. The van der Waals surface area contributed by atoms with E-state index in [1.165, 1.54) is 24.3 Å². The summed E-state index contributed by atoms with van der Waals surface area (Å²) in [4.78, 5) is 14.4. The molecule has 0 aliphatic heterocycles. The van der Waals surface area contributed by atoms with Crippen molar-refractivity contribution in [3.8, 4) is 11.5 Å². The van der Waals surface area contributed by atoms with Crippen LogP contribution >= 0.6 is 0 Å². The quantitative estimate of drug-likeness (QED) is 0.681. The van der Waals surface area contributed by atoms with Gasteiger partial charge in [-0.15, -0.1) is 0 Å². The van der Waals surface area contributed by atoms with E-state index in [0.717, 1.165) is 17.7 Å². The number of aromatic hydroxyl groups is 1. The maximum atomic E-state index is 10.2. The number of aromatic carboxylic acids is 1. The van der Waals surface area contributed by atoms with Gasteiger partial charge in [0.25, 0.3) is 0 Å². The SMILES string of the molecule is CN[C@@H](C)CC=Cc1cncc(OC(C)C)c1.O=C(O)c1cccc(O)c1. The first-order valence-electron chi connectivity index (χ1n) is 8.79. The Bertz CT molecular complexity index is 744.